The highest BCUT2D eigenvalue weighted by atomic mass is 32.1. The Balaban J connectivity index is 2.39. The highest BCUT2D eigenvalue weighted by molar-refractivity contribution is 7.80. The smallest absolute Gasteiger partial charge is 0.0383 e. The molecule has 0 aromatic carbocycles. The third-order valence-electron chi connectivity index (χ3n) is 1.86. The van der Waals surface area contributed by atoms with Crippen molar-refractivity contribution in [3.05, 3.63) is 0 Å². The van der Waals surface area contributed by atoms with Gasteiger partial charge in [-0.1, -0.05) is 12.2 Å². The molecule has 1 N–H and O–H groups in total. The van der Waals surface area contributed by atoms with Gasteiger partial charge < -0.3 is 5.32 Å². The van der Waals surface area contributed by atoms with Gasteiger partial charge in [-0.15, -0.1) is 0 Å². The first kappa shape index (κ1) is 7.16. The van der Waals surface area contributed by atoms with Gasteiger partial charge in [0, 0.05) is 16.9 Å². The van der Waals surface area contributed by atoms with Crippen LogP contribution in [0, 0.1) is 0 Å². The van der Waals surface area contributed by atoms with E-state index in [1.165, 1.54) is 12.8 Å². The fourth-order valence-corrected chi connectivity index (χ4v) is 1.43. The molecule has 0 bridgehead atoms. The number of nitrogens with one attached hydrogen (secondary N) is 1. The van der Waals surface area contributed by atoms with E-state index in [4.69, 9.17) is 12.2 Å². The van der Waals surface area contributed by atoms with Crippen molar-refractivity contribution in [3.63, 3.8) is 0 Å². The molecule has 0 amide bonds. The third-order valence-corrected chi connectivity index (χ3v) is 2.15. The highest BCUT2D eigenvalue weighted by Crippen LogP contribution is 2.12. The van der Waals surface area contributed by atoms with E-state index in [0.717, 1.165) is 4.86 Å². The van der Waals surface area contributed by atoms with Gasteiger partial charge in [-0.05, 0) is 26.7 Å². The average molecular weight is 143 g/mol. The topological polar surface area (TPSA) is 12.0 Å². The molecular weight excluding hydrogens is 130 g/mol. The molecule has 0 aromatic heterocycles. The summed E-state index contributed by atoms with van der Waals surface area (Å²) in [5.74, 6) is 0. The lowest BCUT2D eigenvalue weighted by molar-refractivity contribution is 0.641. The van der Waals surface area contributed by atoms with Crippen LogP contribution in [-0.2, 0) is 0 Å². The standard InChI is InChI=1S/C7H13NS/c1-5-3-4-7(8-5)6(2)9/h5,7-8H,3-4H2,1-2H3. The van der Waals surface area contributed by atoms with Gasteiger partial charge in [0.25, 0.3) is 0 Å². The number of hydrogen-bond donors (Lipinski definition) is 1. The first-order chi connectivity index (χ1) is 4.20. The van der Waals surface area contributed by atoms with E-state index >= 15 is 0 Å². The van der Waals surface area contributed by atoms with Crippen molar-refractivity contribution in [2.75, 3.05) is 0 Å². The summed E-state index contributed by atoms with van der Waals surface area (Å²) < 4.78 is 0. The Hall–Kier alpha value is 0.0500. The summed E-state index contributed by atoms with van der Waals surface area (Å²) >= 11 is 5.05. The summed E-state index contributed by atoms with van der Waals surface area (Å²) in [6.07, 6.45) is 2.51. The summed E-state index contributed by atoms with van der Waals surface area (Å²) in [6, 6.07) is 1.20. The molecule has 2 heteroatoms. The molecule has 1 fully saturated rings. The molecule has 1 saturated heterocycles. The SMILES string of the molecule is CC(=S)C1CCC(C)N1. The van der Waals surface area contributed by atoms with Crippen LogP contribution in [0.5, 0.6) is 0 Å². The largest absolute Gasteiger partial charge is 0.307 e. The van der Waals surface area contributed by atoms with Gasteiger partial charge >= 0.3 is 0 Å². The maximum absolute atomic E-state index is 5.05. The Labute approximate surface area is 61.8 Å². The molecule has 0 radical (unpaired) electrons. The molecule has 2 atom stereocenters. The lowest BCUT2D eigenvalue weighted by atomic mass is 10.2. The van der Waals surface area contributed by atoms with Crippen molar-refractivity contribution in [1.29, 1.82) is 0 Å². The molecule has 1 aliphatic heterocycles. The van der Waals surface area contributed by atoms with Gasteiger partial charge in [-0.3, -0.25) is 0 Å². The maximum atomic E-state index is 5.05. The first-order valence-corrected chi connectivity index (χ1v) is 3.87. The van der Waals surface area contributed by atoms with Crippen LogP contribution in [0.1, 0.15) is 26.7 Å². The van der Waals surface area contributed by atoms with Gasteiger partial charge in [0.1, 0.15) is 0 Å². The predicted octanol–water partition coefficient (Wildman–Crippen LogP) is 1.52. The van der Waals surface area contributed by atoms with Crippen LogP contribution in [0.2, 0.25) is 0 Å². The van der Waals surface area contributed by atoms with E-state index in [9.17, 15) is 0 Å². The van der Waals surface area contributed by atoms with Crippen LogP contribution >= 0.6 is 12.2 Å². The lowest BCUT2D eigenvalue weighted by Crippen LogP contribution is -2.31. The molecular formula is C7H13NS. The molecule has 1 heterocycles. The van der Waals surface area contributed by atoms with Gasteiger partial charge in [0.05, 0.1) is 0 Å². The van der Waals surface area contributed by atoms with Crippen LogP contribution < -0.4 is 5.32 Å². The molecule has 0 spiro atoms. The maximum Gasteiger partial charge on any atom is 0.0383 e. The van der Waals surface area contributed by atoms with Crippen LogP contribution in [0.15, 0.2) is 0 Å². The minimum absolute atomic E-state index is 0.523. The zero-order valence-electron chi connectivity index (χ0n) is 5.98. The fourth-order valence-electron chi connectivity index (χ4n) is 1.25. The van der Waals surface area contributed by atoms with Crippen LogP contribution in [0.4, 0.5) is 0 Å². The monoisotopic (exact) mass is 143 g/mol. The average Bonchev–Trinajstić information content (AvgIpc) is 2.14. The number of thiocarbonyl (C=S) groups is 1. The molecule has 0 aromatic rings. The van der Waals surface area contributed by atoms with Gasteiger partial charge in [-0.25, -0.2) is 0 Å². The van der Waals surface area contributed by atoms with E-state index in [0.29, 0.717) is 12.1 Å². The predicted molar refractivity (Wildman–Crippen MR) is 43.9 cm³/mol. The quantitative estimate of drug-likeness (QED) is 0.558. The molecule has 1 aliphatic rings. The van der Waals surface area contributed by atoms with Crippen molar-refractivity contribution in [3.8, 4) is 0 Å². The third kappa shape index (κ3) is 1.73. The molecule has 52 valence electrons. The van der Waals surface area contributed by atoms with Crippen molar-refractivity contribution in [1.82, 2.24) is 5.32 Å². The first-order valence-electron chi connectivity index (χ1n) is 3.46. The van der Waals surface area contributed by atoms with Crippen LogP contribution in [-0.4, -0.2) is 16.9 Å². The van der Waals surface area contributed by atoms with Gasteiger partial charge in [0.2, 0.25) is 0 Å². The summed E-state index contributed by atoms with van der Waals surface area (Å²) in [7, 11) is 0. The second-order valence-electron chi connectivity index (χ2n) is 2.81. The zero-order chi connectivity index (χ0) is 6.85. The molecule has 0 aliphatic carbocycles. The second kappa shape index (κ2) is 2.76. The molecule has 1 nitrogen and oxygen atoms in total. The summed E-state index contributed by atoms with van der Waals surface area (Å²) in [6.45, 7) is 4.23. The molecule has 1 rings (SSSR count). The zero-order valence-corrected chi connectivity index (χ0v) is 6.79. The summed E-state index contributed by atoms with van der Waals surface area (Å²) in [5.41, 5.74) is 0. The van der Waals surface area contributed by atoms with E-state index in [1.54, 1.807) is 0 Å². The van der Waals surface area contributed by atoms with Crippen molar-refractivity contribution < 1.29 is 0 Å². The van der Waals surface area contributed by atoms with E-state index in [2.05, 4.69) is 12.2 Å². The lowest BCUT2D eigenvalue weighted by Gasteiger charge is -2.08. The van der Waals surface area contributed by atoms with E-state index in [1.807, 2.05) is 6.92 Å². The van der Waals surface area contributed by atoms with E-state index < -0.39 is 0 Å². The van der Waals surface area contributed by atoms with E-state index in [-0.39, 0.29) is 0 Å². The minimum atomic E-state index is 0.523. The van der Waals surface area contributed by atoms with Crippen molar-refractivity contribution in [2.24, 2.45) is 0 Å². The minimum Gasteiger partial charge on any atom is -0.307 e. The molecule has 2 unspecified atom stereocenters. The normalized spacial score (nSPS) is 34.9. The molecule has 9 heavy (non-hydrogen) atoms. The number of hydrogen-bond acceptors (Lipinski definition) is 2. The van der Waals surface area contributed by atoms with Gasteiger partial charge in [0.15, 0.2) is 0 Å². The van der Waals surface area contributed by atoms with Crippen molar-refractivity contribution >= 4 is 17.1 Å². The molecule has 0 saturated carbocycles. The van der Waals surface area contributed by atoms with Crippen LogP contribution in [0.25, 0.3) is 0 Å². The Morgan fingerprint density at radius 3 is 2.44 bits per heavy atom. The highest BCUT2D eigenvalue weighted by Gasteiger charge is 2.20. The van der Waals surface area contributed by atoms with Crippen LogP contribution in [0.3, 0.4) is 0 Å². The Morgan fingerprint density at radius 2 is 2.22 bits per heavy atom. The summed E-state index contributed by atoms with van der Waals surface area (Å²) in [5, 5.41) is 3.41. The fraction of sp³-hybridized carbons (Fsp3) is 0.857. The Morgan fingerprint density at radius 1 is 1.56 bits per heavy atom. The Kier molecular flexibility index (Phi) is 2.19. The number of rotatable bonds is 1. The van der Waals surface area contributed by atoms with Crippen molar-refractivity contribution in [2.45, 2.75) is 38.8 Å². The Bertz CT molecular complexity index is 122. The second-order valence-corrected chi connectivity index (χ2v) is 3.45. The van der Waals surface area contributed by atoms with Gasteiger partial charge in [-0.2, -0.15) is 0 Å². The summed E-state index contributed by atoms with van der Waals surface area (Å²) in [4.78, 5) is 1.11.